The Morgan fingerprint density at radius 1 is 0.778 bits per heavy atom. The minimum Gasteiger partial charge on any atom is -0.399 e. The summed E-state index contributed by atoms with van der Waals surface area (Å²) in [6.45, 7) is 14.7. The Morgan fingerprint density at radius 3 is 1.72 bits per heavy atom. The average Bonchev–Trinajstić information content (AvgIpc) is 2.42. The molecule has 1 aromatic carbocycles. The molecule has 0 radical (unpaired) electrons. The monoisotopic (exact) mass is 246 g/mol. The molecule has 0 aliphatic carbocycles. The lowest BCUT2D eigenvalue weighted by molar-refractivity contribution is 0.00578. The van der Waals surface area contributed by atoms with E-state index in [1.165, 1.54) is 16.7 Å². The molecule has 1 saturated heterocycles. The van der Waals surface area contributed by atoms with Crippen LogP contribution in [0.5, 0.6) is 0 Å². The van der Waals surface area contributed by atoms with Crippen molar-refractivity contribution >= 4 is 12.6 Å². The van der Waals surface area contributed by atoms with Gasteiger partial charge in [-0.3, -0.25) is 0 Å². The Balaban J connectivity index is 2.38. The minimum absolute atomic E-state index is 0.255. The topological polar surface area (TPSA) is 18.5 Å². The highest BCUT2D eigenvalue weighted by molar-refractivity contribution is 6.62. The molecule has 1 aliphatic rings. The third-order valence-electron chi connectivity index (χ3n) is 4.39. The van der Waals surface area contributed by atoms with Crippen molar-refractivity contribution in [1.29, 1.82) is 0 Å². The standard InChI is InChI=1S/C15H23BO2/c1-10-8-12(3)13(9-11(10)2)16-17-14(4,5)15(6,7)18-16/h8-9H,1-7H3. The molecule has 98 valence electrons. The highest BCUT2D eigenvalue weighted by atomic mass is 16.7. The summed E-state index contributed by atoms with van der Waals surface area (Å²) in [6, 6.07) is 4.39. The summed E-state index contributed by atoms with van der Waals surface area (Å²) >= 11 is 0. The van der Waals surface area contributed by atoms with Crippen LogP contribution in [0, 0.1) is 20.8 Å². The summed E-state index contributed by atoms with van der Waals surface area (Å²) in [7, 11) is -0.255. The van der Waals surface area contributed by atoms with Crippen LogP contribution in [0.15, 0.2) is 12.1 Å². The van der Waals surface area contributed by atoms with E-state index in [1.54, 1.807) is 0 Å². The van der Waals surface area contributed by atoms with Crippen molar-refractivity contribution in [3.05, 3.63) is 28.8 Å². The third kappa shape index (κ3) is 2.10. The SMILES string of the molecule is Cc1cc(C)c(B2OC(C)(C)C(C)(C)O2)cc1C. The van der Waals surface area contributed by atoms with E-state index < -0.39 is 0 Å². The van der Waals surface area contributed by atoms with Crippen molar-refractivity contribution in [2.24, 2.45) is 0 Å². The van der Waals surface area contributed by atoms with Gasteiger partial charge in [0.1, 0.15) is 0 Å². The largest absolute Gasteiger partial charge is 0.495 e. The second-order valence-corrected chi connectivity index (χ2v) is 6.38. The molecule has 0 saturated carbocycles. The number of hydrogen-bond donors (Lipinski definition) is 0. The molecule has 0 spiro atoms. The summed E-state index contributed by atoms with van der Waals surface area (Å²) < 4.78 is 12.2. The highest BCUT2D eigenvalue weighted by Gasteiger charge is 2.52. The molecule has 0 bridgehead atoms. The van der Waals surface area contributed by atoms with Gasteiger partial charge in [-0.05, 0) is 65.1 Å². The van der Waals surface area contributed by atoms with E-state index in [1.807, 2.05) is 0 Å². The fraction of sp³-hybridized carbons (Fsp3) is 0.600. The van der Waals surface area contributed by atoms with Crippen LogP contribution in [0.4, 0.5) is 0 Å². The van der Waals surface area contributed by atoms with Crippen molar-refractivity contribution in [3.8, 4) is 0 Å². The summed E-state index contributed by atoms with van der Waals surface area (Å²) in [4.78, 5) is 0. The zero-order valence-electron chi connectivity index (χ0n) is 12.5. The van der Waals surface area contributed by atoms with Crippen LogP contribution in [0.1, 0.15) is 44.4 Å². The van der Waals surface area contributed by atoms with E-state index in [4.69, 9.17) is 9.31 Å². The van der Waals surface area contributed by atoms with E-state index in [2.05, 4.69) is 60.6 Å². The Labute approximate surface area is 111 Å². The Hall–Kier alpha value is -0.795. The lowest BCUT2D eigenvalue weighted by Crippen LogP contribution is -2.41. The summed E-state index contributed by atoms with van der Waals surface area (Å²) in [5.41, 5.74) is 4.43. The van der Waals surface area contributed by atoms with Gasteiger partial charge < -0.3 is 9.31 Å². The highest BCUT2D eigenvalue weighted by Crippen LogP contribution is 2.36. The normalized spacial score (nSPS) is 21.4. The maximum atomic E-state index is 6.10. The van der Waals surface area contributed by atoms with Gasteiger partial charge in [0.15, 0.2) is 0 Å². The molecule has 3 heteroatoms. The number of hydrogen-bond acceptors (Lipinski definition) is 2. The predicted molar refractivity (Wildman–Crippen MR) is 76.4 cm³/mol. The second-order valence-electron chi connectivity index (χ2n) is 6.38. The van der Waals surface area contributed by atoms with Crippen LogP contribution in [-0.4, -0.2) is 18.3 Å². The molecular weight excluding hydrogens is 223 g/mol. The summed E-state index contributed by atoms with van der Waals surface area (Å²) in [5, 5.41) is 0. The maximum absolute atomic E-state index is 6.10. The molecule has 2 nitrogen and oxygen atoms in total. The third-order valence-corrected chi connectivity index (χ3v) is 4.39. The van der Waals surface area contributed by atoms with E-state index in [9.17, 15) is 0 Å². The molecule has 1 aliphatic heterocycles. The molecule has 18 heavy (non-hydrogen) atoms. The zero-order valence-corrected chi connectivity index (χ0v) is 12.5. The molecule has 1 aromatic rings. The van der Waals surface area contributed by atoms with Gasteiger partial charge in [-0.25, -0.2) is 0 Å². The minimum atomic E-state index is -0.275. The fourth-order valence-corrected chi connectivity index (χ4v) is 2.21. The van der Waals surface area contributed by atoms with Crippen LogP contribution in [-0.2, 0) is 9.31 Å². The number of benzene rings is 1. The van der Waals surface area contributed by atoms with Crippen molar-refractivity contribution < 1.29 is 9.31 Å². The summed E-state index contributed by atoms with van der Waals surface area (Å²) in [5.74, 6) is 0. The molecule has 1 fully saturated rings. The quantitative estimate of drug-likeness (QED) is 0.709. The molecular formula is C15H23BO2. The molecule has 0 amide bonds. The Bertz CT molecular complexity index is 462. The van der Waals surface area contributed by atoms with E-state index in [0.717, 1.165) is 5.46 Å². The van der Waals surface area contributed by atoms with Crippen LogP contribution < -0.4 is 5.46 Å². The first-order valence-electron chi connectivity index (χ1n) is 6.57. The lowest BCUT2D eigenvalue weighted by atomic mass is 9.75. The van der Waals surface area contributed by atoms with Crippen LogP contribution in [0.3, 0.4) is 0 Å². The Kier molecular flexibility index (Phi) is 3.11. The first-order chi connectivity index (χ1) is 8.14. The van der Waals surface area contributed by atoms with Gasteiger partial charge in [-0.1, -0.05) is 17.7 Å². The summed E-state index contributed by atoms with van der Waals surface area (Å²) in [6.07, 6.45) is 0. The lowest BCUT2D eigenvalue weighted by Gasteiger charge is -2.32. The molecule has 2 rings (SSSR count). The van der Waals surface area contributed by atoms with Gasteiger partial charge in [-0.15, -0.1) is 0 Å². The first kappa shape index (κ1) is 13.6. The first-order valence-corrected chi connectivity index (χ1v) is 6.57. The van der Waals surface area contributed by atoms with Gasteiger partial charge in [0.2, 0.25) is 0 Å². The zero-order chi connectivity index (χ0) is 13.7. The van der Waals surface area contributed by atoms with Crippen molar-refractivity contribution in [1.82, 2.24) is 0 Å². The van der Waals surface area contributed by atoms with Crippen molar-refractivity contribution in [2.75, 3.05) is 0 Å². The van der Waals surface area contributed by atoms with Gasteiger partial charge in [0, 0.05) is 0 Å². The molecule has 0 unspecified atom stereocenters. The smallest absolute Gasteiger partial charge is 0.399 e. The fourth-order valence-electron chi connectivity index (χ4n) is 2.21. The number of aryl methyl sites for hydroxylation is 3. The number of rotatable bonds is 1. The predicted octanol–water partition coefficient (Wildman–Crippen LogP) is 2.91. The van der Waals surface area contributed by atoms with Crippen LogP contribution >= 0.6 is 0 Å². The molecule has 0 N–H and O–H groups in total. The van der Waals surface area contributed by atoms with Crippen LogP contribution in [0.2, 0.25) is 0 Å². The molecule has 0 aromatic heterocycles. The van der Waals surface area contributed by atoms with E-state index in [-0.39, 0.29) is 18.3 Å². The Morgan fingerprint density at radius 2 is 1.22 bits per heavy atom. The second kappa shape index (κ2) is 4.11. The molecule has 1 heterocycles. The van der Waals surface area contributed by atoms with Gasteiger partial charge in [-0.2, -0.15) is 0 Å². The van der Waals surface area contributed by atoms with Crippen molar-refractivity contribution in [2.45, 2.75) is 59.7 Å². The van der Waals surface area contributed by atoms with Crippen molar-refractivity contribution in [3.63, 3.8) is 0 Å². The molecule has 0 atom stereocenters. The van der Waals surface area contributed by atoms with Gasteiger partial charge in [0.05, 0.1) is 11.2 Å². The van der Waals surface area contributed by atoms with E-state index >= 15 is 0 Å². The van der Waals surface area contributed by atoms with Crippen LogP contribution in [0.25, 0.3) is 0 Å². The van der Waals surface area contributed by atoms with E-state index in [0.29, 0.717) is 0 Å². The van der Waals surface area contributed by atoms with Gasteiger partial charge in [0.25, 0.3) is 0 Å². The average molecular weight is 246 g/mol. The maximum Gasteiger partial charge on any atom is 0.495 e. The van der Waals surface area contributed by atoms with Gasteiger partial charge >= 0.3 is 7.12 Å².